The summed E-state index contributed by atoms with van der Waals surface area (Å²) in [5.74, 6) is 0.278. The SMILES string of the molecule is CNc1cc(Oc2cnc(N)nc2N)c(C(C)C)c(F)n1. The van der Waals surface area contributed by atoms with Crippen molar-refractivity contribution < 1.29 is 9.13 Å². The summed E-state index contributed by atoms with van der Waals surface area (Å²) < 4.78 is 19.8. The summed E-state index contributed by atoms with van der Waals surface area (Å²) in [6, 6.07) is 1.59. The normalized spacial score (nSPS) is 10.7. The molecule has 2 aromatic rings. The molecular weight excluding hydrogens is 275 g/mol. The number of aromatic nitrogens is 3. The number of nitrogens with zero attached hydrogens (tertiary/aromatic N) is 3. The lowest BCUT2D eigenvalue weighted by Crippen LogP contribution is -2.06. The number of pyridine rings is 1. The summed E-state index contributed by atoms with van der Waals surface area (Å²) in [5.41, 5.74) is 11.5. The zero-order valence-electron chi connectivity index (χ0n) is 12.0. The van der Waals surface area contributed by atoms with Crippen LogP contribution in [-0.2, 0) is 0 Å². The molecule has 0 fully saturated rings. The van der Waals surface area contributed by atoms with Crippen molar-refractivity contribution in [2.75, 3.05) is 23.8 Å². The van der Waals surface area contributed by atoms with E-state index in [-0.39, 0.29) is 23.4 Å². The van der Waals surface area contributed by atoms with Crippen molar-refractivity contribution in [3.8, 4) is 11.5 Å². The summed E-state index contributed by atoms with van der Waals surface area (Å²) in [5, 5.41) is 2.77. The van der Waals surface area contributed by atoms with Crippen LogP contribution in [0, 0.1) is 5.95 Å². The van der Waals surface area contributed by atoms with Gasteiger partial charge >= 0.3 is 0 Å². The second-order valence-electron chi connectivity index (χ2n) is 4.69. The molecule has 2 aromatic heterocycles. The molecule has 0 spiro atoms. The van der Waals surface area contributed by atoms with Crippen LogP contribution in [0.4, 0.5) is 22.0 Å². The highest BCUT2D eigenvalue weighted by molar-refractivity contribution is 5.53. The third kappa shape index (κ3) is 3.10. The van der Waals surface area contributed by atoms with E-state index in [1.807, 2.05) is 13.8 Å². The topological polar surface area (TPSA) is 112 Å². The average molecular weight is 292 g/mol. The fraction of sp³-hybridized carbons (Fsp3) is 0.308. The van der Waals surface area contributed by atoms with Crippen molar-refractivity contribution in [2.45, 2.75) is 19.8 Å². The van der Waals surface area contributed by atoms with Gasteiger partial charge in [0, 0.05) is 13.1 Å². The van der Waals surface area contributed by atoms with Gasteiger partial charge in [-0.05, 0) is 5.92 Å². The molecule has 21 heavy (non-hydrogen) atoms. The first-order chi connectivity index (χ1) is 9.92. The number of ether oxygens (including phenoxy) is 1. The lowest BCUT2D eigenvalue weighted by atomic mass is 10.0. The van der Waals surface area contributed by atoms with Crippen molar-refractivity contribution in [3.05, 3.63) is 23.8 Å². The van der Waals surface area contributed by atoms with Crippen molar-refractivity contribution in [1.29, 1.82) is 0 Å². The molecule has 0 aliphatic carbocycles. The van der Waals surface area contributed by atoms with Crippen LogP contribution in [0.15, 0.2) is 12.3 Å². The molecule has 0 amide bonds. The van der Waals surface area contributed by atoms with E-state index in [4.69, 9.17) is 16.2 Å². The predicted octanol–water partition coefficient (Wildman–Crippen LogP) is 2.13. The lowest BCUT2D eigenvalue weighted by Gasteiger charge is -2.16. The molecule has 0 aromatic carbocycles. The predicted molar refractivity (Wildman–Crippen MR) is 78.8 cm³/mol. The van der Waals surface area contributed by atoms with Crippen LogP contribution in [0.3, 0.4) is 0 Å². The molecule has 2 rings (SSSR count). The Morgan fingerprint density at radius 3 is 2.52 bits per heavy atom. The monoisotopic (exact) mass is 292 g/mol. The highest BCUT2D eigenvalue weighted by Gasteiger charge is 2.18. The Hall–Kier alpha value is -2.64. The Morgan fingerprint density at radius 1 is 1.24 bits per heavy atom. The van der Waals surface area contributed by atoms with Crippen LogP contribution in [0.2, 0.25) is 0 Å². The minimum Gasteiger partial charge on any atom is -0.451 e. The second kappa shape index (κ2) is 5.78. The summed E-state index contributed by atoms with van der Waals surface area (Å²) >= 11 is 0. The van der Waals surface area contributed by atoms with Crippen LogP contribution >= 0.6 is 0 Å². The number of anilines is 3. The van der Waals surface area contributed by atoms with Gasteiger partial charge in [0.1, 0.15) is 11.6 Å². The molecule has 0 radical (unpaired) electrons. The minimum atomic E-state index is -0.596. The van der Waals surface area contributed by atoms with Gasteiger partial charge in [0.15, 0.2) is 11.6 Å². The summed E-state index contributed by atoms with van der Waals surface area (Å²) in [6.07, 6.45) is 1.35. The molecule has 0 bridgehead atoms. The first-order valence-electron chi connectivity index (χ1n) is 6.36. The Morgan fingerprint density at radius 2 is 1.95 bits per heavy atom. The quantitative estimate of drug-likeness (QED) is 0.740. The smallest absolute Gasteiger partial charge is 0.222 e. The Balaban J connectivity index is 2.49. The highest BCUT2D eigenvalue weighted by atomic mass is 19.1. The van der Waals surface area contributed by atoms with Gasteiger partial charge in [-0.3, -0.25) is 0 Å². The van der Waals surface area contributed by atoms with Crippen molar-refractivity contribution >= 4 is 17.6 Å². The Kier molecular flexibility index (Phi) is 4.06. The van der Waals surface area contributed by atoms with E-state index in [0.717, 1.165) is 0 Å². The number of rotatable bonds is 4. The van der Waals surface area contributed by atoms with E-state index < -0.39 is 5.95 Å². The molecule has 0 unspecified atom stereocenters. The van der Waals surface area contributed by atoms with Crippen molar-refractivity contribution in [1.82, 2.24) is 15.0 Å². The van der Waals surface area contributed by atoms with E-state index in [1.54, 1.807) is 13.1 Å². The summed E-state index contributed by atoms with van der Waals surface area (Å²) in [7, 11) is 1.64. The number of nitrogen functional groups attached to an aromatic ring is 2. The van der Waals surface area contributed by atoms with Gasteiger partial charge in [-0.2, -0.15) is 9.37 Å². The van der Waals surface area contributed by atoms with Gasteiger partial charge < -0.3 is 21.5 Å². The first kappa shape index (κ1) is 14.8. The minimum absolute atomic E-state index is 0.0424. The van der Waals surface area contributed by atoms with Crippen LogP contribution in [-0.4, -0.2) is 22.0 Å². The molecule has 8 heteroatoms. The molecule has 7 nitrogen and oxygen atoms in total. The van der Waals surface area contributed by atoms with E-state index in [1.165, 1.54) is 6.20 Å². The molecule has 0 atom stereocenters. The van der Waals surface area contributed by atoms with Gasteiger partial charge in [0.25, 0.3) is 0 Å². The fourth-order valence-corrected chi connectivity index (χ4v) is 1.83. The van der Waals surface area contributed by atoms with E-state index in [0.29, 0.717) is 17.1 Å². The maximum Gasteiger partial charge on any atom is 0.222 e. The maximum atomic E-state index is 14.1. The summed E-state index contributed by atoms with van der Waals surface area (Å²) in [6.45, 7) is 3.68. The second-order valence-corrected chi connectivity index (χ2v) is 4.69. The lowest BCUT2D eigenvalue weighted by molar-refractivity contribution is 0.454. The fourth-order valence-electron chi connectivity index (χ4n) is 1.83. The number of nitrogens with two attached hydrogens (primary N) is 2. The Bertz CT molecular complexity index is 661. The van der Waals surface area contributed by atoms with E-state index in [2.05, 4.69) is 20.3 Å². The van der Waals surface area contributed by atoms with Gasteiger partial charge in [0.05, 0.1) is 11.8 Å². The van der Waals surface area contributed by atoms with Gasteiger partial charge in [-0.25, -0.2) is 9.97 Å². The average Bonchev–Trinajstić information content (AvgIpc) is 2.40. The molecule has 112 valence electrons. The third-order valence-electron chi connectivity index (χ3n) is 2.83. The van der Waals surface area contributed by atoms with Gasteiger partial charge in [-0.1, -0.05) is 13.8 Å². The van der Waals surface area contributed by atoms with Crippen molar-refractivity contribution in [2.24, 2.45) is 0 Å². The number of nitrogens with one attached hydrogen (secondary N) is 1. The standard InChI is InChI=1S/C13H17FN6O/c1-6(2)10-7(4-9(17-3)19-11(10)14)21-8-5-18-13(16)20-12(8)15/h4-6H,1-3H3,(H,17,19)(H4,15,16,18,20). The number of hydrogen-bond donors (Lipinski definition) is 3. The van der Waals surface area contributed by atoms with Gasteiger partial charge in [0.2, 0.25) is 11.9 Å². The van der Waals surface area contributed by atoms with Crippen LogP contribution in [0.1, 0.15) is 25.3 Å². The van der Waals surface area contributed by atoms with E-state index >= 15 is 0 Å². The number of halogens is 1. The summed E-state index contributed by atoms with van der Waals surface area (Å²) in [4.78, 5) is 11.4. The molecule has 0 aliphatic rings. The molecular formula is C13H17FN6O. The molecule has 5 N–H and O–H groups in total. The Labute approximate surface area is 121 Å². The maximum absolute atomic E-state index is 14.1. The zero-order chi connectivity index (χ0) is 15.6. The highest BCUT2D eigenvalue weighted by Crippen LogP contribution is 2.35. The van der Waals surface area contributed by atoms with Crippen LogP contribution in [0.25, 0.3) is 0 Å². The number of hydrogen-bond acceptors (Lipinski definition) is 7. The molecule has 2 heterocycles. The van der Waals surface area contributed by atoms with Crippen LogP contribution in [0.5, 0.6) is 11.5 Å². The zero-order valence-corrected chi connectivity index (χ0v) is 12.0. The largest absolute Gasteiger partial charge is 0.451 e. The first-order valence-corrected chi connectivity index (χ1v) is 6.36. The molecule has 0 aliphatic heterocycles. The third-order valence-corrected chi connectivity index (χ3v) is 2.83. The molecule has 0 saturated heterocycles. The van der Waals surface area contributed by atoms with Crippen molar-refractivity contribution in [3.63, 3.8) is 0 Å². The van der Waals surface area contributed by atoms with Gasteiger partial charge in [-0.15, -0.1) is 0 Å². The van der Waals surface area contributed by atoms with E-state index in [9.17, 15) is 4.39 Å². The molecule has 0 saturated carbocycles. The van der Waals surface area contributed by atoms with Crippen LogP contribution < -0.4 is 21.5 Å².